The molecule has 1 unspecified atom stereocenters. The molecular weight excluding hydrogens is 544 g/mol. The number of hydrogen-bond acceptors (Lipinski definition) is 7. The first-order valence-electron chi connectivity index (χ1n) is 14.6. The summed E-state index contributed by atoms with van der Waals surface area (Å²) in [6.45, 7) is 3.73. The fraction of sp³-hybridized carbons (Fsp3) is 0.344. The zero-order valence-corrected chi connectivity index (χ0v) is 24.5. The number of piperazine rings is 1. The van der Waals surface area contributed by atoms with Crippen LogP contribution < -0.4 is 20.3 Å². The highest BCUT2D eigenvalue weighted by Crippen LogP contribution is 2.25. The molecular formula is C32H36N8O3. The predicted octanol–water partition coefficient (Wildman–Crippen LogP) is 3.90. The van der Waals surface area contributed by atoms with Crippen LogP contribution in [0, 0.1) is 6.92 Å². The Morgan fingerprint density at radius 3 is 2.65 bits per heavy atom. The Hall–Kier alpha value is -4.93. The number of hydrogen-bond donors (Lipinski definition) is 2. The number of carbonyl (C=O) groups excluding carboxylic acids is 2. The molecule has 0 saturated carbocycles. The van der Waals surface area contributed by atoms with Crippen molar-refractivity contribution in [3.63, 3.8) is 0 Å². The van der Waals surface area contributed by atoms with Gasteiger partial charge in [-0.05, 0) is 67.1 Å². The van der Waals surface area contributed by atoms with Gasteiger partial charge in [0.25, 0.3) is 0 Å². The normalized spacial score (nSPS) is 16.1. The fourth-order valence-electron chi connectivity index (χ4n) is 5.79. The van der Waals surface area contributed by atoms with Crippen LogP contribution in [0.4, 0.5) is 16.3 Å². The van der Waals surface area contributed by atoms with Gasteiger partial charge < -0.3 is 25.2 Å². The zero-order valence-electron chi connectivity index (χ0n) is 24.5. The van der Waals surface area contributed by atoms with Crippen molar-refractivity contribution in [2.75, 3.05) is 37.0 Å². The van der Waals surface area contributed by atoms with Crippen LogP contribution in [0.5, 0.6) is 5.75 Å². The van der Waals surface area contributed by atoms with Crippen molar-refractivity contribution in [2.24, 2.45) is 0 Å². The Balaban J connectivity index is 1.19. The van der Waals surface area contributed by atoms with Crippen molar-refractivity contribution in [3.05, 3.63) is 89.6 Å². The third kappa shape index (κ3) is 6.61. The van der Waals surface area contributed by atoms with Crippen LogP contribution in [-0.4, -0.2) is 69.1 Å². The average molecular weight is 581 g/mol. The van der Waals surface area contributed by atoms with Gasteiger partial charge in [0, 0.05) is 62.4 Å². The van der Waals surface area contributed by atoms with Gasteiger partial charge in [0.2, 0.25) is 11.9 Å². The molecule has 3 amide bonds. The number of imidazole rings is 1. The van der Waals surface area contributed by atoms with E-state index < -0.39 is 0 Å². The third-order valence-corrected chi connectivity index (χ3v) is 8.04. The van der Waals surface area contributed by atoms with E-state index in [1.807, 2.05) is 13.0 Å². The van der Waals surface area contributed by atoms with Crippen molar-refractivity contribution in [1.82, 2.24) is 29.7 Å². The molecule has 11 heteroatoms. The Morgan fingerprint density at radius 1 is 1.02 bits per heavy atom. The monoisotopic (exact) mass is 580 g/mol. The molecule has 0 bridgehead atoms. The number of aromatic nitrogens is 4. The van der Waals surface area contributed by atoms with E-state index in [0.717, 1.165) is 24.1 Å². The highest BCUT2D eigenvalue weighted by Gasteiger charge is 2.32. The highest BCUT2D eigenvalue weighted by atomic mass is 16.5. The highest BCUT2D eigenvalue weighted by molar-refractivity contribution is 5.89. The number of ether oxygens (including phenoxy) is 1. The van der Waals surface area contributed by atoms with Crippen molar-refractivity contribution < 1.29 is 14.3 Å². The first-order chi connectivity index (χ1) is 20.9. The summed E-state index contributed by atoms with van der Waals surface area (Å²) in [5.74, 6) is 1.86. The van der Waals surface area contributed by atoms with Crippen molar-refractivity contribution in [3.8, 4) is 11.7 Å². The van der Waals surface area contributed by atoms with Crippen LogP contribution in [0.15, 0.2) is 67.3 Å². The van der Waals surface area contributed by atoms with Gasteiger partial charge >= 0.3 is 6.03 Å². The summed E-state index contributed by atoms with van der Waals surface area (Å²) in [4.78, 5) is 44.0. The van der Waals surface area contributed by atoms with E-state index in [0.29, 0.717) is 49.4 Å². The molecule has 4 aromatic rings. The van der Waals surface area contributed by atoms with E-state index in [2.05, 4.69) is 43.7 Å². The van der Waals surface area contributed by atoms with Crippen molar-refractivity contribution >= 4 is 23.4 Å². The number of anilines is 2. The van der Waals surface area contributed by atoms with Gasteiger partial charge in [0.15, 0.2) is 0 Å². The minimum Gasteiger partial charge on any atom is -0.497 e. The maximum absolute atomic E-state index is 13.3. The number of rotatable bonds is 8. The standard InChI is InChI=1S/C32H36N8O3/c1-22-16-29(37-31(35-22)39-13-12-33-21-39)40-15-14-38(32(42)36-26-8-10-28(43-2)11-9-26)20-27(40)18-30(41)34-19-23-6-7-24-4-3-5-25(24)17-23/h6-13,16-17,21,27H,3-5,14-15,18-20H2,1-2H3,(H,34,41)(H,36,42). The van der Waals surface area contributed by atoms with Crippen LogP contribution in [-0.2, 0) is 24.2 Å². The summed E-state index contributed by atoms with van der Waals surface area (Å²) < 4.78 is 6.98. The maximum atomic E-state index is 13.3. The quantitative estimate of drug-likeness (QED) is 0.325. The lowest BCUT2D eigenvalue weighted by molar-refractivity contribution is -0.121. The lowest BCUT2D eigenvalue weighted by Crippen LogP contribution is -2.57. The van der Waals surface area contributed by atoms with Crippen LogP contribution in [0.2, 0.25) is 0 Å². The molecule has 2 aliphatic rings. The lowest BCUT2D eigenvalue weighted by Gasteiger charge is -2.42. The SMILES string of the molecule is COc1ccc(NC(=O)N2CCN(c3cc(C)nc(-n4ccnc4)n3)C(CC(=O)NCc3ccc4c(c3)CCC4)C2)cc1. The molecule has 2 aromatic heterocycles. The van der Waals surface area contributed by atoms with E-state index in [9.17, 15) is 9.59 Å². The Morgan fingerprint density at radius 2 is 1.86 bits per heavy atom. The second kappa shape index (κ2) is 12.5. The molecule has 43 heavy (non-hydrogen) atoms. The molecule has 1 fully saturated rings. The number of urea groups is 1. The number of nitrogens with zero attached hydrogens (tertiary/aromatic N) is 6. The summed E-state index contributed by atoms with van der Waals surface area (Å²) >= 11 is 0. The van der Waals surface area contributed by atoms with Gasteiger partial charge in [-0.25, -0.2) is 14.8 Å². The van der Waals surface area contributed by atoms with Gasteiger partial charge in [0.05, 0.1) is 13.2 Å². The number of carbonyl (C=O) groups is 2. The molecule has 222 valence electrons. The summed E-state index contributed by atoms with van der Waals surface area (Å²) in [5.41, 5.74) is 5.38. The second-order valence-electron chi connectivity index (χ2n) is 11.0. The number of nitrogens with one attached hydrogen (secondary N) is 2. The smallest absolute Gasteiger partial charge is 0.321 e. The van der Waals surface area contributed by atoms with Crippen LogP contribution >= 0.6 is 0 Å². The molecule has 2 aromatic carbocycles. The van der Waals surface area contributed by atoms with Gasteiger partial charge in [0.1, 0.15) is 17.9 Å². The molecule has 6 rings (SSSR count). The zero-order chi connectivity index (χ0) is 29.8. The molecule has 1 atom stereocenters. The van der Waals surface area contributed by atoms with Gasteiger partial charge in [-0.15, -0.1) is 0 Å². The minimum absolute atomic E-state index is 0.0754. The molecule has 2 N–H and O–H groups in total. The third-order valence-electron chi connectivity index (χ3n) is 8.04. The largest absolute Gasteiger partial charge is 0.497 e. The van der Waals surface area contributed by atoms with Gasteiger partial charge in [-0.3, -0.25) is 9.36 Å². The average Bonchev–Trinajstić information content (AvgIpc) is 3.73. The predicted molar refractivity (Wildman–Crippen MR) is 164 cm³/mol. The molecule has 3 heterocycles. The molecule has 1 saturated heterocycles. The van der Waals surface area contributed by atoms with Gasteiger partial charge in [-0.1, -0.05) is 18.2 Å². The van der Waals surface area contributed by atoms with Gasteiger partial charge in [-0.2, -0.15) is 4.98 Å². The Bertz CT molecular complexity index is 1590. The molecule has 0 radical (unpaired) electrons. The molecule has 1 aliphatic carbocycles. The Labute approximate surface area is 250 Å². The van der Waals surface area contributed by atoms with Crippen LogP contribution in [0.25, 0.3) is 5.95 Å². The molecule has 0 spiro atoms. The lowest BCUT2D eigenvalue weighted by atomic mass is 10.1. The van der Waals surface area contributed by atoms with Crippen LogP contribution in [0.3, 0.4) is 0 Å². The number of amides is 3. The summed E-state index contributed by atoms with van der Waals surface area (Å²) in [6.07, 6.45) is 8.76. The van der Waals surface area contributed by atoms with Crippen LogP contribution in [0.1, 0.15) is 35.2 Å². The summed E-state index contributed by atoms with van der Waals surface area (Å²) in [6, 6.07) is 15.1. The summed E-state index contributed by atoms with van der Waals surface area (Å²) in [5, 5.41) is 6.08. The van der Waals surface area contributed by atoms with E-state index >= 15 is 0 Å². The first kappa shape index (κ1) is 28.2. The second-order valence-corrected chi connectivity index (χ2v) is 11.0. The minimum atomic E-state index is -0.291. The number of benzene rings is 2. The Kier molecular flexibility index (Phi) is 8.21. The van der Waals surface area contributed by atoms with Crippen molar-refractivity contribution in [1.29, 1.82) is 0 Å². The van der Waals surface area contributed by atoms with E-state index in [1.54, 1.807) is 59.6 Å². The molecule has 11 nitrogen and oxygen atoms in total. The van der Waals surface area contributed by atoms with E-state index in [1.165, 1.54) is 17.5 Å². The van der Waals surface area contributed by atoms with E-state index in [-0.39, 0.29) is 24.4 Å². The number of fused-ring (bicyclic) bond motifs is 1. The first-order valence-corrected chi connectivity index (χ1v) is 14.6. The summed E-state index contributed by atoms with van der Waals surface area (Å²) in [7, 11) is 1.60. The number of aryl methyl sites for hydroxylation is 3. The topological polar surface area (TPSA) is 118 Å². The van der Waals surface area contributed by atoms with E-state index in [4.69, 9.17) is 9.72 Å². The van der Waals surface area contributed by atoms with Crippen molar-refractivity contribution in [2.45, 2.75) is 45.2 Å². The maximum Gasteiger partial charge on any atom is 0.321 e. The molecule has 1 aliphatic heterocycles. The number of methoxy groups -OCH3 is 1. The fourth-order valence-corrected chi connectivity index (χ4v) is 5.79.